The van der Waals surface area contributed by atoms with E-state index in [9.17, 15) is 4.79 Å². The van der Waals surface area contributed by atoms with Gasteiger partial charge in [0.05, 0.1) is 13.0 Å². The van der Waals surface area contributed by atoms with Crippen LogP contribution in [0.5, 0.6) is 0 Å². The summed E-state index contributed by atoms with van der Waals surface area (Å²) < 4.78 is 5.66. The summed E-state index contributed by atoms with van der Waals surface area (Å²) in [7, 11) is 0. The summed E-state index contributed by atoms with van der Waals surface area (Å²) in [5.41, 5.74) is 1.82. The lowest BCUT2D eigenvalue weighted by molar-refractivity contribution is -0.136. The highest BCUT2D eigenvalue weighted by molar-refractivity contribution is 5.70. The number of benzene rings is 1. The molecule has 0 heterocycles. The first kappa shape index (κ1) is 14.7. The number of hydrogen-bond donors (Lipinski definition) is 1. The minimum atomic E-state index is -0.804. The molecule has 100 valence electrons. The zero-order valence-electron chi connectivity index (χ0n) is 11.2. The molecule has 1 atom stereocenters. The average molecular weight is 250 g/mol. The highest BCUT2D eigenvalue weighted by Gasteiger charge is 2.07. The summed E-state index contributed by atoms with van der Waals surface area (Å²) in [6, 6.07) is 7.56. The molecule has 0 aliphatic carbocycles. The zero-order chi connectivity index (χ0) is 13.4. The van der Waals surface area contributed by atoms with Gasteiger partial charge in [0.1, 0.15) is 0 Å². The predicted octanol–water partition coefficient (Wildman–Crippen LogP) is 3.27. The van der Waals surface area contributed by atoms with Gasteiger partial charge in [0.2, 0.25) is 0 Å². The van der Waals surface area contributed by atoms with E-state index in [1.807, 2.05) is 24.3 Å². The molecular formula is C15H22O3. The van der Waals surface area contributed by atoms with Gasteiger partial charge >= 0.3 is 5.97 Å². The Morgan fingerprint density at radius 3 is 2.61 bits per heavy atom. The lowest BCUT2D eigenvalue weighted by Gasteiger charge is -2.12. The molecule has 0 bridgehead atoms. The predicted molar refractivity (Wildman–Crippen MR) is 71.5 cm³/mol. The van der Waals surface area contributed by atoms with E-state index in [-0.39, 0.29) is 6.42 Å². The van der Waals surface area contributed by atoms with Gasteiger partial charge in [-0.2, -0.15) is 0 Å². The molecule has 1 rings (SSSR count). The van der Waals surface area contributed by atoms with Crippen LogP contribution in [0.15, 0.2) is 24.3 Å². The number of rotatable bonds is 8. The van der Waals surface area contributed by atoms with Crippen molar-refractivity contribution >= 4 is 5.97 Å². The van der Waals surface area contributed by atoms with Crippen LogP contribution in [0.25, 0.3) is 0 Å². The van der Waals surface area contributed by atoms with Crippen molar-refractivity contribution in [1.29, 1.82) is 0 Å². The van der Waals surface area contributed by atoms with Gasteiger partial charge in [-0.25, -0.2) is 0 Å². The Hall–Kier alpha value is -1.35. The Bertz CT molecular complexity index is 374. The van der Waals surface area contributed by atoms with Crippen molar-refractivity contribution < 1.29 is 14.6 Å². The monoisotopic (exact) mass is 250 g/mol. The van der Waals surface area contributed by atoms with E-state index in [1.54, 1.807) is 0 Å². The number of carbonyl (C=O) groups is 1. The van der Waals surface area contributed by atoms with Gasteiger partial charge in [-0.3, -0.25) is 4.79 Å². The smallest absolute Gasteiger partial charge is 0.307 e. The molecule has 0 aliphatic rings. The molecule has 0 aromatic heterocycles. The second-order valence-corrected chi connectivity index (χ2v) is 4.75. The number of aliphatic carboxylic acids is 1. The molecule has 0 saturated heterocycles. The Balaban J connectivity index is 2.48. The van der Waals surface area contributed by atoms with Crippen LogP contribution in [-0.4, -0.2) is 17.7 Å². The summed E-state index contributed by atoms with van der Waals surface area (Å²) in [6.07, 6.45) is 2.39. The van der Waals surface area contributed by atoms with E-state index in [4.69, 9.17) is 9.84 Å². The number of carboxylic acid groups (broad SMARTS) is 1. The molecule has 0 amide bonds. The van der Waals surface area contributed by atoms with Crippen molar-refractivity contribution in [2.75, 3.05) is 6.61 Å². The molecule has 0 fully saturated rings. The van der Waals surface area contributed by atoms with Crippen LogP contribution >= 0.6 is 0 Å². The molecule has 1 aromatic carbocycles. The first-order valence-electron chi connectivity index (χ1n) is 6.49. The maximum atomic E-state index is 10.7. The summed E-state index contributed by atoms with van der Waals surface area (Å²) in [4.78, 5) is 10.7. The maximum absolute atomic E-state index is 10.7. The van der Waals surface area contributed by atoms with Gasteiger partial charge in [-0.05, 0) is 23.5 Å². The van der Waals surface area contributed by atoms with Crippen LogP contribution in [-0.2, 0) is 22.6 Å². The van der Waals surface area contributed by atoms with Crippen LogP contribution < -0.4 is 0 Å². The Morgan fingerprint density at radius 2 is 2.00 bits per heavy atom. The van der Waals surface area contributed by atoms with E-state index < -0.39 is 5.97 Å². The van der Waals surface area contributed by atoms with E-state index in [0.717, 1.165) is 24.2 Å². The van der Waals surface area contributed by atoms with Crippen LogP contribution in [0.1, 0.15) is 37.8 Å². The second-order valence-electron chi connectivity index (χ2n) is 4.75. The highest BCUT2D eigenvalue weighted by Crippen LogP contribution is 2.13. The Kier molecular flexibility index (Phi) is 6.44. The highest BCUT2D eigenvalue weighted by atomic mass is 16.5. The molecule has 0 aliphatic heterocycles. The fraction of sp³-hybridized carbons (Fsp3) is 0.533. The molecule has 3 nitrogen and oxygen atoms in total. The molecule has 1 aromatic rings. The first-order chi connectivity index (χ1) is 8.63. The number of ether oxygens (including phenoxy) is 1. The first-order valence-corrected chi connectivity index (χ1v) is 6.49. The molecule has 1 unspecified atom stereocenters. The number of carboxylic acids is 1. The van der Waals surface area contributed by atoms with Gasteiger partial charge < -0.3 is 9.84 Å². The third-order valence-corrected chi connectivity index (χ3v) is 2.90. The molecule has 0 saturated carbocycles. The van der Waals surface area contributed by atoms with E-state index in [1.165, 1.54) is 6.42 Å². The van der Waals surface area contributed by atoms with Crippen LogP contribution in [0.3, 0.4) is 0 Å². The number of hydrogen-bond acceptors (Lipinski definition) is 2. The van der Waals surface area contributed by atoms with Crippen LogP contribution in [0.4, 0.5) is 0 Å². The fourth-order valence-corrected chi connectivity index (χ4v) is 1.98. The van der Waals surface area contributed by atoms with Crippen LogP contribution in [0, 0.1) is 5.92 Å². The van der Waals surface area contributed by atoms with Gasteiger partial charge in [0, 0.05) is 6.61 Å². The van der Waals surface area contributed by atoms with Crippen molar-refractivity contribution in [3.8, 4) is 0 Å². The minimum absolute atomic E-state index is 0.0596. The lowest BCUT2D eigenvalue weighted by Crippen LogP contribution is -2.08. The molecular weight excluding hydrogens is 228 g/mol. The standard InChI is InChI=1S/C15H22O3/c1-3-6-12(2)10-18-11-14-8-5-4-7-13(14)9-15(16)17/h4-5,7-8,12H,3,6,9-11H2,1-2H3,(H,16,17). The van der Waals surface area contributed by atoms with E-state index in [2.05, 4.69) is 13.8 Å². The second kappa shape index (κ2) is 7.88. The normalized spacial score (nSPS) is 12.3. The topological polar surface area (TPSA) is 46.5 Å². The molecule has 0 radical (unpaired) electrons. The van der Waals surface area contributed by atoms with Crippen molar-refractivity contribution in [2.45, 2.75) is 39.7 Å². The van der Waals surface area contributed by atoms with Gasteiger partial charge in [0.15, 0.2) is 0 Å². The Labute approximate surface area is 109 Å². The Morgan fingerprint density at radius 1 is 1.33 bits per heavy atom. The van der Waals surface area contributed by atoms with Gasteiger partial charge in [-0.15, -0.1) is 0 Å². The van der Waals surface area contributed by atoms with Crippen LogP contribution in [0.2, 0.25) is 0 Å². The quantitative estimate of drug-likeness (QED) is 0.770. The third kappa shape index (κ3) is 5.32. The molecule has 1 N–H and O–H groups in total. The molecule has 0 spiro atoms. The lowest BCUT2D eigenvalue weighted by atomic mass is 10.1. The summed E-state index contributed by atoms with van der Waals surface area (Å²) in [5, 5.41) is 8.83. The van der Waals surface area contributed by atoms with Crippen molar-refractivity contribution in [1.82, 2.24) is 0 Å². The SMILES string of the molecule is CCCC(C)COCc1ccccc1CC(=O)O. The summed E-state index contributed by atoms with van der Waals surface area (Å²) in [6.45, 7) is 5.57. The van der Waals surface area contributed by atoms with E-state index >= 15 is 0 Å². The zero-order valence-corrected chi connectivity index (χ0v) is 11.2. The van der Waals surface area contributed by atoms with Crippen molar-refractivity contribution in [2.24, 2.45) is 5.92 Å². The molecule has 18 heavy (non-hydrogen) atoms. The summed E-state index contributed by atoms with van der Waals surface area (Å²) >= 11 is 0. The van der Waals surface area contributed by atoms with E-state index in [0.29, 0.717) is 12.5 Å². The minimum Gasteiger partial charge on any atom is -0.481 e. The summed E-state index contributed by atoms with van der Waals surface area (Å²) in [5.74, 6) is -0.247. The third-order valence-electron chi connectivity index (χ3n) is 2.90. The van der Waals surface area contributed by atoms with Gasteiger partial charge in [-0.1, -0.05) is 44.5 Å². The van der Waals surface area contributed by atoms with Crippen molar-refractivity contribution in [3.05, 3.63) is 35.4 Å². The largest absolute Gasteiger partial charge is 0.481 e. The average Bonchev–Trinajstić information content (AvgIpc) is 2.31. The van der Waals surface area contributed by atoms with Gasteiger partial charge in [0.25, 0.3) is 0 Å². The maximum Gasteiger partial charge on any atom is 0.307 e. The molecule has 3 heteroatoms. The fourth-order valence-electron chi connectivity index (χ4n) is 1.98. The van der Waals surface area contributed by atoms with Crippen molar-refractivity contribution in [3.63, 3.8) is 0 Å².